The van der Waals surface area contributed by atoms with Crippen molar-refractivity contribution in [1.29, 1.82) is 0 Å². The minimum Gasteiger partial charge on any atom is -0.436 e. The van der Waals surface area contributed by atoms with E-state index in [1.54, 1.807) is 6.92 Å². The van der Waals surface area contributed by atoms with Crippen LogP contribution in [0.4, 0.5) is 20.3 Å². The quantitative estimate of drug-likeness (QED) is 0.675. The summed E-state index contributed by atoms with van der Waals surface area (Å²) in [4.78, 5) is 13.7. The van der Waals surface area contributed by atoms with Crippen molar-refractivity contribution in [2.75, 3.05) is 11.9 Å². The van der Waals surface area contributed by atoms with Crippen molar-refractivity contribution in [3.63, 3.8) is 0 Å². The van der Waals surface area contributed by atoms with Crippen molar-refractivity contribution in [2.45, 2.75) is 6.92 Å². The number of aromatic nitrogens is 1. The summed E-state index contributed by atoms with van der Waals surface area (Å²) in [5.74, 6) is -2.43. The lowest BCUT2D eigenvalue weighted by Crippen LogP contribution is -2.04. The fraction of sp³-hybridized carbons (Fsp3) is 0.154. The Labute approximate surface area is 118 Å². The van der Waals surface area contributed by atoms with Gasteiger partial charge in [-0.15, -0.1) is 0 Å². The molecule has 0 atom stereocenters. The molecule has 0 bridgehead atoms. The highest BCUT2D eigenvalue weighted by Crippen LogP contribution is 2.28. The predicted octanol–water partition coefficient (Wildman–Crippen LogP) is 3.49. The normalized spacial score (nSPS) is 10.2. The van der Waals surface area contributed by atoms with Crippen LogP contribution in [0.1, 0.15) is 6.92 Å². The molecule has 0 saturated heterocycles. The molecule has 0 radical (unpaired) electrons. The van der Waals surface area contributed by atoms with Crippen LogP contribution >= 0.6 is 0 Å². The van der Waals surface area contributed by atoms with E-state index >= 15 is 0 Å². The van der Waals surface area contributed by atoms with E-state index in [9.17, 15) is 18.9 Å². The Kier molecular flexibility index (Phi) is 4.27. The molecule has 0 unspecified atom stereocenters. The third-order valence-corrected chi connectivity index (χ3v) is 2.48. The van der Waals surface area contributed by atoms with Gasteiger partial charge in [0.1, 0.15) is 5.75 Å². The number of nitrogens with zero attached hydrogens (tertiary/aromatic N) is 2. The Morgan fingerprint density at radius 3 is 2.76 bits per heavy atom. The standard InChI is InChI=1S/C13H11F2N3O3/c1-2-16-12-10(14)7-11(15)13(17-12)21-9-5-3-4-8(6-9)18(19)20/h3-7H,2H2,1H3,(H,16,17). The summed E-state index contributed by atoms with van der Waals surface area (Å²) in [5.41, 5.74) is -0.207. The molecule has 0 spiro atoms. The molecule has 110 valence electrons. The first-order chi connectivity index (χ1) is 10.0. The average molecular weight is 295 g/mol. The fourth-order valence-electron chi connectivity index (χ4n) is 1.58. The fourth-order valence-corrected chi connectivity index (χ4v) is 1.58. The maximum Gasteiger partial charge on any atom is 0.273 e. The molecule has 0 fully saturated rings. The number of non-ortho nitro benzene ring substituents is 1. The highest BCUT2D eigenvalue weighted by molar-refractivity contribution is 5.43. The molecular weight excluding hydrogens is 284 g/mol. The van der Waals surface area contributed by atoms with Crippen molar-refractivity contribution in [2.24, 2.45) is 0 Å². The summed E-state index contributed by atoms with van der Waals surface area (Å²) in [6.07, 6.45) is 0. The van der Waals surface area contributed by atoms with Crippen LogP contribution < -0.4 is 10.1 Å². The first kappa shape index (κ1) is 14.6. The maximum absolute atomic E-state index is 13.6. The number of rotatable bonds is 5. The molecule has 8 heteroatoms. The van der Waals surface area contributed by atoms with Crippen molar-refractivity contribution >= 4 is 11.5 Å². The number of nitro benzene ring substituents is 1. The molecule has 0 saturated carbocycles. The number of benzene rings is 1. The second-order valence-corrected chi connectivity index (χ2v) is 3.99. The Morgan fingerprint density at radius 2 is 2.10 bits per heavy atom. The zero-order chi connectivity index (χ0) is 15.4. The van der Waals surface area contributed by atoms with Gasteiger partial charge in [-0.2, -0.15) is 4.98 Å². The number of ether oxygens (including phenoxy) is 1. The molecule has 1 N–H and O–H groups in total. The Bertz CT molecular complexity index is 680. The van der Waals surface area contributed by atoms with Crippen LogP contribution in [0.5, 0.6) is 11.6 Å². The molecule has 1 heterocycles. The second kappa shape index (κ2) is 6.12. The number of hydrogen-bond donors (Lipinski definition) is 1. The molecule has 0 aliphatic rings. The molecule has 0 aliphatic carbocycles. The molecular formula is C13H11F2N3O3. The van der Waals surface area contributed by atoms with E-state index < -0.39 is 22.4 Å². The highest BCUT2D eigenvalue weighted by atomic mass is 19.1. The highest BCUT2D eigenvalue weighted by Gasteiger charge is 2.14. The van der Waals surface area contributed by atoms with Crippen LogP contribution in [0.25, 0.3) is 0 Å². The van der Waals surface area contributed by atoms with Gasteiger partial charge in [0, 0.05) is 18.7 Å². The van der Waals surface area contributed by atoms with Gasteiger partial charge in [-0.3, -0.25) is 10.1 Å². The molecule has 6 nitrogen and oxygen atoms in total. The molecule has 1 aromatic heterocycles. The molecule has 2 aromatic rings. The summed E-state index contributed by atoms with van der Waals surface area (Å²) < 4.78 is 32.2. The lowest BCUT2D eigenvalue weighted by atomic mass is 10.3. The van der Waals surface area contributed by atoms with Gasteiger partial charge >= 0.3 is 0 Å². The van der Waals surface area contributed by atoms with Gasteiger partial charge in [-0.25, -0.2) is 8.78 Å². The van der Waals surface area contributed by atoms with Crippen molar-refractivity contribution < 1.29 is 18.4 Å². The summed E-state index contributed by atoms with van der Waals surface area (Å²) in [7, 11) is 0. The number of anilines is 1. The molecule has 0 aliphatic heterocycles. The lowest BCUT2D eigenvalue weighted by molar-refractivity contribution is -0.384. The van der Waals surface area contributed by atoms with Crippen LogP contribution in [0.3, 0.4) is 0 Å². The molecule has 0 amide bonds. The average Bonchev–Trinajstić information content (AvgIpc) is 2.44. The number of nitrogens with one attached hydrogen (secondary N) is 1. The molecule has 1 aromatic carbocycles. The molecule has 2 rings (SSSR count). The first-order valence-electron chi connectivity index (χ1n) is 6.03. The Hall–Kier alpha value is -2.77. The van der Waals surface area contributed by atoms with Gasteiger partial charge in [-0.1, -0.05) is 6.07 Å². The minimum atomic E-state index is -0.999. The van der Waals surface area contributed by atoms with E-state index in [1.807, 2.05) is 0 Å². The van der Waals surface area contributed by atoms with E-state index in [-0.39, 0.29) is 17.3 Å². The summed E-state index contributed by atoms with van der Waals surface area (Å²) in [5, 5.41) is 13.3. The summed E-state index contributed by atoms with van der Waals surface area (Å²) in [6, 6.07) is 5.82. The lowest BCUT2D eigenvalue weighted by Gasteiger charge is -2.09. The van der Waals surface area contributed by atoms with E-state index in [2.05, 4.69) is 10.3 Å². The third kappa shape index (κ3) is 3.41. The minimum absolute atomic E-state index is 0.0321. The van der Waals surface area contributed by atoms with E-state index in [0.29, 0.717) is 12.6 Å². The van der Waals surface area contributed by atoms with Gasteiger partial charge in [0.25, 0.3) is 11.6 Å². The topological polar surface area (TPSA) is 77.3 Å². The van der Waals surface area contributed by atoms with Crippen molar-refractivity contribution in [3.8, 4) is 11.6 Å². The number of halogens is 2. The van der Waals surface area contributed by atoms with Crippen LogP contribution in [-0.4, -0.2) is 16.5 Å². The first-order valence-corrected chi connectivity index (χ1v) is 6.03. The SMILES string of the molecule is CCNc1nc(Oc2cccc([N+](=O)[O-])c2)c(F)cc1F. The van der Waals surface area contributed by atoms with Crippen LogP contribution in [-0.2, 0) is 0 Å². The predicted molar refractivity (Wildman–Crippen MR) is 71.5 cm³/mol. The third-order valence-electron chi connectivity index (χ3n) is 2.48. The van der Waals surface area contributed by atoms with Crippen LogP contribution in [0.2, 0.25) is 0 Å². The maximum atomic E-state index is 13.6. The second-order valence-electron chi connectivity index (χ2n) is 3.99. The van der Waals surface area contributed by atoms with Crippen molar-refractivity contribution in [1.82, 2.24) is 4.98 Å². The van der Waals surface area contributed by atoms with Crippen molar-refractivity contribution in [3.05, 3.63) is 52.1 Å². The zero-order valence-electron chi connectivity index (χ0n) is 11.0. The smallest absolute Gasteiger partial charge is 0.273 e. The number of pyridine rings is 1. The van der Waals surface area contributed by atoms with Crippen LogP contribution in [0.15, 0.2) is 30.3 Å². The molecule has 21 heavy (non-hydrogen) atoms. The Balaban J connectivity index is 2.32. The number of hydrogen-bond acceptors (Lipinski definition) is 5. The van der Waals surface area contributed by atoms with Crippen LogP contribution in [0, 0.1) is 21.7 Å². The largest absolute Gasteiger partial charge is 0.436 e. The van der Waals surface area contributed by atoms with Gasteiger partial charge in [0.2, 0.25) is 0 Å². The Morgan fingerprint density at radius 1 is 1.33 bits per heavy atom. The van der Waals surface area contributed by atoms with Gasteiger partial charge in [-0.05, 0) is 13.0 Å². The number of nitro groups is 1. The van der Waals surface area contributed by atoms with Gasteiger partial charge in [0.15, 0.2) is 17.5 Å². The van der Waals surface area contributed by atoms with E-state index in [0.717, 1.165) is 6.07 Å². The van der Waals surface area contributed by atoms with Gasteiger partial charge < -0.3 is 10.1 Å². The van der Waals surface area contributed by atoms with Gasteiger partial charge in [0.05, 0.1) is 11.0 Å². The van der Waals surface area contributed by atoms with E-state index in [4.69, 9.17) is 4.74 Å². The monoisotopic (exact) mass is 295 g/mol. The zero-order valence-corrected chi connectivity index (χ0v) is 11.0. The summed E-state index contributed by atoms with van der Waals surface area (Å²) in [6.45, 7) is 2.12. The summed E-state index contributed by atoms with van der Waals surface area (Å²) >= 11 is 0. The van der Waals surface area contributed by atoms with E-state index in [1.165, 1.54) is 18.2 Å².